The van der Waals surface area contributed by atoms with Crippen LogP contribution < -0.4 is 0 Å². The van der Waals surface area contributed by atoms with Gasteiger partial charge in [0.1, 0.15) is 0 Å². The van der Waals surface area contributed by atoms with Gasteiger partial charge in [-0.2, -0.15) is 0 Å². The smallest absolute Gasteiger partial charge is 0.201 e. The highest BCUT2D eigenvalue weighted by Gasteiger charge is 2.33. The zero-order valence-electron chi connectivity index (χ0n) is 17.2. The van der Waals surface area contributed by atoms with E-state index in [-0.39, 0.29) is 0 Å². The fourth-order valence-corrected chi connectivity index (χ4v) is 10.3. The monoisotopic (exact) mass is 482 g/mol. The molecule has 4 nitrogen and oxygen atoms in total. The fourth-order valence-electron chi connectivity index (χ4n) is 3.95. The summed E-state index contributed by atoms with van der Waals surface area (Å²) in [4.78, 5) is 4.10. The Labute approximate surface area is 187 Å². The Morgan fingerprint density at radius 2 is 1.07 bits per heavy atom. The molecular formula is C22H26O4S4. The lowest BCUT2D eigenvalue weighted by molar-refractivity contribution is 0.604. The molecule has 0 saturated heterocycles. The van der Waals surface area contributed by atoms with Crippen LogP contribution >= 0.6 is 22.7 Å². The average Bonchev–Trinajstić information content (AvgIpc) is 3.39. The largest absolute Gasteiger partial charge is 0.219 e. The Bertz CT molecular complexity index is 1140. The molecule has 0 saturated carbocycles. The summed E-state index contributed by atoms with van der Waals surface area (Å²) < 4.78 is 50.4. The average molecular weight is 483 g/mol. The normalized spacial score (nSPS) is 18.2. The maximum atomic E-state index is 12.6. The third-order valence-corrected chi connectivity index (χ3v) is 11.5. The molecule has 2 aliphatic heterocycles. The van der Waals surface area contributed by atoms with Crippen LogP contribution in [-0.2, 0) is 19.7 Å². The number of hydrogen-bond acceptors (Lipinski definition) is 6. The summed E-state index contributed by atoms with van der Waals surface area (Å²) in [5.74, 6) is 0. The Morgan fingerprint density at radius 1 is 0.667 bits per heavy atom. The van der Waals surface area contributed by atoms with Crippen molar-refractivity contribution in [3.63, 3.8) is 0 Å². The van der Waals surface area contributed by atoms with E-state index in [0.717, 1.165) is 82.0 Å². The van der Waals surface area contributed by atoms with E-state index >= 15 is 0 Å². The maximum absolute atomic E-state index is 12.6. The number of fused-ring (bicyclic) bond motifs is 2. The second-order valence-corrected chi connectivity index (χ2v) is 13.5. The van der Waals surface area contributed by atoms with Gasteiger partial charge in [-0.15, -0.1) is 22.7 Å². The van der Waals surface area contributed by atoms with Gasteiger partial charge in [0.25, 0.3) is 0 Å². The van der Waals surface area contributed by atoms with Gasteiger partial charge in [0.05, 0.1) is 19.5 Å². The molecule has 8 heteroatoms. The van der Waals surface area contributed by atoms with Crippen molar-refractivity contribution >= 4 is 53.5 Å². The number of thiophene rings is 2. The molecule has 0 aliphatic carbocycles. The van der Waals surface area contributed by atoms with Crippen molar-refractivity contribution in [3.05, 3.63) is 32.7 Å². The van der Waals surface area contributed by atoms with Crippen molar-refractivity contribution in [2.75, 3.05) is 0 Å². The lowest BCUT2D eigenvalue weighted by Gasteiger charge is -2.01. The van der Waals surface area contributed by atoms with Crippen molar-refractivity contribution < 1.29 is 16.8 Å². The Hall–Kier alpha value is -1.22. The first-order valence-corrected chi connectivity index (χ1v) is 15.2. The van der Waals surface area contributed by atoms with Gasteiger partial charge in [0.15, 0.2) is 0 Å². The Balaban J connectivity index is 1.67. The van der Waals surface area contributed by atoms with E-state index in [1.165, 1.54) is 33.5 Å². The number of unbranched alkanes of at least 4 members (excludes halogenated alkanes) is 4. The summed E-state index contributed by atoms with van der Waals surface area (Å²) >= 11 is 2.94. The molecule has 0 atom stereocenters. The predicted molar refractivity (Wildman–Crippen MR) is 126 cm³/mol. The van der Waals surface area contributed by atoms with Crippen LogP contribution in [0.15, 0.2) is 32.7 Å². The first-order valence-electron chi connectivity index (χ1n) is 10.5. The molecule has 0 radical (unpaired) electrons. The molecule has 4 rings (SSSR count). The van der Waals surface area contributed by atoms with Crippen LogP contribution in [0.1, 0.15) is 75.0 Å². The van der Waals surface area contributed by atoms with Crippen LogP contribution in [0.4, 0.5) is 0 Å². The topological polar surface area (TPSA) is 68.3 Å². The first kappa shape index (κ1) is 22.0. The molecule has 2 aromatic rings. The zero-order chi connectivity index (χ0) is 21.5. The van der Waals surface area contributed by atoms with Crippen LogP contribution in [0.3, 0.4) is 0 Å². The van der Waals surface area contributed by atoms with Crippen LogP contribution in [0, 0.1) is 0 Å². The van der Waals surface area contributed by atoms with Gasteiger partial charge in [-0.3, -0.25) is 0 Å². The summed E-state index contributed by atoms with van der Waals surface area (Å²) in [6.07, 6.45) is 7.81. The van der Waals surface area contributed by atoms with Crippen molar-refractivity contribution in [2.24, 2.45) is 0 Å². The molecule has 4 heterocycles. The van der Waals surface area contributed by atoms with Crippen LogP contribution in [0.5, 0.6) is 0 Å². The zero-order valence-corrected chi connectivity index (χ0v) is 20.5. The molecule has 30 heavy (non-hydrogen) atoms. The Kier molecular flexibility index (Phi) is 6.14. The fraction of sp³-hybridized carbons (Fsp3) is 0.455. The highest BCUT2D eigenvalue weighted by atomic mass is 32.2. The second-order valence-electron chi connectivity index (χ2n) is 7.90. The summed E-state index contributed by atoms with van der Waals surface area (Å²) in [7, 11) is -6.80. The van der Waals surface area contributed by atoms with Gasteiger partial charge < -0.3 is 0 Å². The van der Waals surface area contributed by atoms with E-state index in [9.17, 15) is 16.8 Å². The molecule has 0 fully saturated rings. The number of sulfone groups is 2. The molecule has 0 bridgehead atoms. The van der Waals surface area contributed by atoms with E-state index < -0.39 is 19.7 Å². The van der Waals surface area contributed by atoms with Gasteiger partial charge in [-0.1, -0.05) is 39.5 Å². The number of rotatable bonds is 9. The molecule has 2 aliphatic rings. The van der Waals surface area contributed by atoms with E-state index in [0.29, 0.717) is 9.79 Å². The first-order chi connectivity index (χ1) is 14.3. The highest BCUT2D eigenvalue weighted by molar-refractivity contribution is 7.95. The van der Waals surface area contributed by atoms with Crippen molar-refractivity contribution in [1.82, 2.24) is 0 Å². The van der Waals surface area contributed by atoms with Gasteiger partial charge in [0, 0.05) is 20.6 Å². The summed E-state index contributed by atoms with van der Waals surface area (Å²) in [5, 5.41) is 2.84. The standard InChI is InChI=1S/C22H26O4S4/c1-3-5-7-9-15-13-29(23,24)19-11-17(27-21(15)19)18-12-20-22(28-18)16(10-8-6-4-2)14-30(20,25)26/h11-14H,3-10H2,1-2H3. The minimum absolute atomic E-state index is 0.379. The third kappa shape index (κ3) is 3.99. The van der Waals surface area contributed by atoms with Crippen molar-refractivity contribution in [3.8, 4) is 9.75 Å². The molecule has 2 aromatic heterocycles. The number of hydrogen-bond donors (Lipinski definition) is 0. The van der Waals surface area contributed by atoms with Gasteiger partial charge in [-0.05, 0) is 49.0 Å². The molecule has 0 N–H and O–H groups in total. The van der Waals surface area contributed by atoms with E-state index in [1.54, 1.807) is 12.1 Å². The van der Waals surface area contributed by atoms with E-state index in [4.69, 9.17) is 0 Å². The molecule has 162 valence electrons. The van der Waals surface area contributed by atoms with E-state index in [2.05, 4.69) is 13.8 Å². The molecule has 0 aromatic carbocycles. The quantitative estimate of drug-likeness (QED) is 0.365. The van der Waals surface area contributed by atoms with Gasteiger partial charge in [0.2, 0.25) is 19.7 Å². The SMILES string of the molecule is CCCCCC1=CS(=O)(=O)c2cc(-c3cc4c(s3)C(CCCCC)=CS4(=O)=O)sc21. The summed E-state index contributed by atoms with van der Waals surface area (Å²) in [6, 6.07) is 3.46. The lowest BCUT2D eigenvalue weighted by Crippen LogP contribution is -1.90. The van der Waals surface area contributed by atoms with Crippen LogP contribution in [0.25, 0.3) is 20.9 Å². The maximum Gasteiger partial charge on any atom is 0.201 e. The summed E-state index contributed by atoms with van der Waals surface area (Å²) in [6.45, 7) is 4.26. The Morgan fingerprint density at radius 3 is 1.43 bits per heavy atom. The molecule has 0 amide bonds. The molecule has 0 unspecified atom stereocenters. The molecule has 0 spiro atoms. The summed E-state index contributed by atoms with van der Waals surface area (Å²) in [5.41, 5.74) is 1.79. The lowest BCUT2D eigenvalue weighted by atomic mass is 10.1. The minimum Gasteiger partial charge on any atom is -0.219 e. The van der Waals surface area contributed by atoms with Gasteiger partial charge >= 0.3 is 0 Å². The second kappa shape index (κ2) is 8.37. The van der Waals surface area contributed by atoms with Crippen molar-refractivity contribution in [2.45, 2.75) is 75.0 Å². The van der Waals surface area contributed by atoms with Crippen molar-refractivity contribution in [1.29, 1.82) is 0 Å². The van der Waals surface area contributed by atoms with E-state index in [1.807, 2.05) is 0 Å². The van der Waals surface area contributed by atoms with Gasteiger partial charge in [-0.25, -0.2) is 16.8 Å². The van der Waals surface area contributed by atoms with Crippen LogP contribution in [0.2, 0.25) is 0 Å². The highest BCUT2D eigenvalue weighted by Crippen LogP contribution is 2.50. The minimum atomic E-state index is -3.40. The van der Waals surface area contributed by atoms with Crippen LogP contribution in [-0.4, -0.2) is 16.8 Å². The predicted octanol–water partition coefficient (Wildman–Crippen LogP) is 6.89. The number of allylic oxidation sites excluding steroid dienone is 2. The molecular weight excluding hydrogens is 457 g/mol. The third-order valence-electron chi connectivity index (χ3n) is 5.53.